The highest BCUT2D eigenvalue weighted by Gasteiger charge is 2.37. The predicted octanol–water partition coefficient (Wildman–Crippen LogP) is 2.96. The molecule has 0 radical (unpaired) electrons. The summed E-state index contributed by atoms with van der Waals surface area (Å²) < 4.78 is 5.09. The maximum atomic E-state index is 12.6. The Hall–Kier alpha value is -3.55. The summed E-state index contributed by atoms with van der Waals surface area (Å²) in [6.45, 7) is 3.41. The summed E-state index contributed by atoms with van der Waals surface area (Å²) in [4.78, 5) is 48.3. The van der Waals surface area contributed by atoms with E-state index in [0.717, 1.165) is 4.90 Å². The van der Waals surface area contributed by atoms with E-state index in [2.05, 4.69) is 0 Å². The normalized spacial score (nSPS) is 13.1. The Morgan fingerprint density at radius 1 is 1.04 bits per heavy atom. The fourth-order valence-electron chi connectivity index (χ4n) is 2.61. The third-order valence-electron chi connectivity index (χ3n) is 3.78. The molecule has 1 aliphatic rings. The van der Waals surface area contributed by atoms with Gasteiger partial charge in [-0.1, -0.05) is 0 Å². The van der Waals surface area contributed by atoms with E-state index in [1.807, 2.05) is 0 Å². The van der Waals surface area contributed by atoms with Crippen LogP contribution < -0.4 is 4.90 Å². The molecule has 8 heteroatoms. The van der Waals surface area contributed by atoms with Gasteiger partial charge in [-0.15, -0.1) is 0 Å². The van der Waals surface area contributed by atoms with Crippen molar-refractivity contribution < 1.29 is 24.0 Å². The van der Waals surface area contributed by atoms with Crippen LogP contribution in [0.4, 0.5) is 11.4 Å². The largest absolute Gasteiger partial charge is 0.459 e. The zero-order chi connectivity index (χ0) is 19.0. The number of carbonyl (C=O) groups excluding carboxylic acids is 3. The Morgan fingerprint density at radius 2 is 1.65 bits per heavy atom. The molecule has 1 aliphatic heterocycles. The van der Waals surface area contributed by atoms with Gasteiger partial charge in [-0.3, -0.25) is 19.7 Å². The Bertz CT molecular complexity index is 933. The van der Waals surface area contributed by atoms with E-state index in [4.69, 9.17) is 4.74 Å². The van der Waals surface area contributed by atoms with E-state index >= 15 is 0 Å². The monoisotopic (exact) mass is 354 g/mol. The van der Waals surface area contributed by atoms with Crippen LogP contribution in [0.15, 0.2) is 42.5 Å². The zero-order valence-corrected chi connectivity index (χ0v) is 14.0. The number of nitro benzene ring substituents is 1. The number of carbonyl (C=O) groups is 3. The van der Waals surface area contributed by atoms with Crippen LogP contribution in [-0.4, -0.2) is 28.8 Å². The lowest BCUT2D eigenvalue weighted by molar-refractivity contribution is -0.384. The minimum Gasteiger partial charge on any atom is -0.459 e. The average molecular weight is 354 g/mol. The molecule has 0 spiro atoms. The van der Waals surface area contributed by atoms with Crippen molar-refractivity contribution in [2.24, 2.45) is 0 Å². The predicted molar refractivity (Wildman–Crippen MR) is 91.2 cm³/mol. The Labute approximate surface area is 148 Å². The number of benzene rings is 2. The Morgan fingerprint density at radius 3 is 2.23 bits per heavy atom. The molecule has 0 saturated heterocycles. The molecule has 0 aromatic heterocycles. The molecule has 0 N–H and O–H groups in total. The van der Waals surface area contributed by atoms with Crippen LogP contribution >= 0.6 is 0 Å². The van der Waals surface area contributed by atoms with Crippen molar-refractivity contribution in [3.05, 3.63) is 69.3 Å². The molecule has 0 saturated carbocycles. The van der Waals surface area contributed by atoms with Gasteiger partial charge in [0.15, 0.2) is 0 Å². The van der Waals surface area contributed by atoms with Crippen LogP contribution in [0.5, 0.6) is 0 Å². The maximum absolute atomic E-state index is 12.6. The third kappa shape index (κ3) is 2.92. The van der Waals surface area contributed by atoms with Crippen LogP contribution in [0.1, 0.15) is 44.9 Å². The molecule has 2 amide bonds. The molecule has 8 nitrogen and oxygen atoms in total. The first-order valence-electron chi connectivity index (χ1n) is 7.78. The number of rotatable bonds is 4. The number of amides is 2. The van der Waals surface area contributed by atoms with Crippen molar-refractivity contribution in [1.29, 1.82) is 0 Å². The first-order chi connectivity index (χ1) is 12.3. The molecule has 2 aromatic rings. The zero-order valence-electron chi connectivity index (χ0n) is 14.0. The highest BCUT2D eigenvalue weighted by molar-refractivity contribution is 6.34. The fourth-order valence-corrected chi connectivity index (χ4v) is 2.61. The number of imide groups is 1. The molecule has 0 unspecified atom stereocenters. The highest BCUT2D eigenvalue weighted by Crippen LogP contribution is 2.30. The lowest BCUT2D eigenvalue weighted by Gasteiger charge is -2.13. The molecule has 0 fully saturated rings. The van der Waals surface area contributed by atoms with Gasteiger partial charge in [0.2, 0.25) is 0 Å². The quantitative estimate of drug-likeness (QED) is 0.362. The van der Waals surface area contributed by atoms with E-state index in [1.54, 1.807) is 13.8 Å². The number of non-ortho nitro benzene ring substituents is 1. The molecular formula is C18H14N2O6. The van der Waals surface area contributed by atoms with Crippen LogP contribution in [0.3, 0.4) is 0 Å². The summed E-state index contributed by atoms with van der Waals surface area (Å²) in [6, 6.07) is 9.23. The first-order valence-corrected chi connectivity index (χ1v) is 7.78. The van der Waals surface area contributed by atoms with Gasteiger partial charge >= 0.3 is 5.97 Å². The van der Waals surface area contributed by atoms with Crippen molar-refractivity contribution in [2.45, 2.75) is 20.0 Å². The van der Waals surface area contributed by atoms with Gasteiger partial charge in [0, 0.05) is 12.1 Å². The van der Waals surface area contributed by atoms with Gasteiger partial charge in [0.05, 0.1) is 33.4 Å². The summed E-state index contributed by atoms with van der Waals surface area (Å²) in [5.41, 5.74) is 0.488. The molecule has 1 heterocycles. The number of nitro groups is 1. The molecule has 3 rings (SSSR count). The summed E-state index contributed by atoms with van der Waals surface area (Å²) in [5.74, 6) is -1.74. The second kappa shape index (κ2) is 6.40. The van der Waals surface area contributed by atoms with Crippen LogP contribution in [0.25, 0.3) is 0 Å². The van der Waals surface area contributed by atoms with E-state index in [0.29, 0.717) is 0 Å². The molecule has 26 heavy (non-hydrogen) atoms. The van der Waals surface area contributed by atoms with Gasteiger partial charge in [-0.25, -0.2) is 9.69 Å². The summed E-state index contributed by atoms with van der Waals surface area (Å²) in [7, 11) is 0. The average Bonchev–Trinajstić information content (AvgIpc) is 2.85. The van der Waals surface area contributed by atoms with E-state index < -0.39 is 22.7 Å². The standard InChI is InChI=1S/C18H14N2O6/c1-10(2)26-18(23)11-3-8-14-15(9-11)17(22)19(16(14)21)12-4-6-13(7-5-12)20(24)25/h3-10H,1-2H3. The van der Waals surface area contributed by atoms with Crippen LogP contribution in [0.2, 0.25) is 0 Å². The maximum Gasteiger partial charge on any atom is 0.338 e. The fraction of sp³-hybridized carbons (Fsp3) is 0.167. The SMILES string of the molecule is CC(C)OC(=O)c1ccc2c(c1)C(=O)N(c1ccc([N+](=O)[O-])cc1)C2=O. The molecular weight excluding hydrogens is 340 g/mol. The number of fused-ring (bicyclic) bond motifs is 1. The first kappa shape index (κ1) is 17.3. The Balaban J connectivity index is 1.94. The smallest absolute Gasteiger partial charge is 0.338 e. The molecule has 132 valence electrons. The number of hydrogen-bond donors (Lipinski definition) is 0. The van der Waals surface area contributed by atoms with Crippen molar-refractivity contribution >= 4 is 29.2 Å². The van der Waals surface area contributed by atoms with Gasteiger partial charge in [0.1, 0.15) is 0 Å². The van der Waals surface area contributed by atoms with Gasteiger partial charge in [-0.05, 0) is 44.2 Å². The van der Waals surface area contributed by atoms with Crippen molar-refractivity contribution in [3.8, 4) is 0 Å². The van der Waals surface area contributed by atoms with E-state index in [-0.39, 0.29) is 34.2 Å². The number of esters is 1. The summed E-state index contributed by atoms with van der Waals surface area (Å²) in [6.07, 6.45) is -0.315. The van der Waals surface area contributed by atoms with Gasteiger partial charge in [0.25, 0.3) is 17.5 Å². The number of anilines is 1. The second-order valence-electron chi connectivity index (χ2n) is 5.93. The molecule has 2 aromatic carbocycles. The minimum absolute atomic E-state index is 0.0894. The summed E-state index contributed by atoms with van der Waals surface area (Å²) >= 11 is 0. The molecule has 0 aliphatic carbocycles. The lowest BCUT2D eigenvalue weighted by Crippen LogP contribution is -2.29. The van der Waals surface area contributed by atoms with Crippen LogP contribution in [0, 0.1) is 10.1 Å². The molecule has 0 atom stereocenters. The van der Waals surface area contributed by atoms with Crippen molar-refractivity contribution in [1.82, 2.24) is 0 Å². The van der Waals surface area contributed by atoms with Crippen LogP contribution in [-0.2, 0) is 4.74 Å². The van der Waals surface area contributed by atoms with E-state index in [1.165, 1.54) is 42.5 Å². The number of nitrogens with zero attached hydrogens (tertiary/aromatic N) is 2. The van der Waals surface area contributed by atoms with E-state index in [9.17, 15) is 24.5 Å². The summed E-state index contributed by atoms with van der Waals surface area (Å²) in [5, 5.41) is 10.7. The molecule has 0 bridgehead atoms. The minimum atomic E-state index is -0.599. The number of ether oxygens (including phenoxy) is 1. The highest BCUT2D eigenvalue weighted by atomic mass is 16.6. The van der Waals surface area contributed by atoms with Gasteiger partial charge in [-0.2, -0.15) is 0 Å². The van der Waals surface area contributed by atoms with Gasteiger partial charge < -0.3 is 4.74 Å². The lowest BCUT2D eigenvalue weighted by atomic mass is 10.1. The third-order valence-corrected chi connectivity index (χ3v) is 3.78. The van der Waals surface area contributed by atoms with Crippen molar-refractivity contribution in [3.63, 3.8) is 0 Å². The van der Waals surface area contributed by atoms with Crippen molar-refractivity contribution in [2.75, 3.05) is 4.90 Å². The topological polar surface area (TPSA) is 107 Å². The second-order valence-corrected chi connectivity index (χ2v) is 5.93. The Kier molecular flexibility index (Phi) is 4.25. The number of hydrogen-bond acceptors (Lipinski definition) is 6.